The molecule has 4 rings (SSSR count). The zero-order valence-corrected chi connectivity index (χ0v) is 14.9. The molecule has 130 valence electrons. The molecule has 0 radical (unpaired) electrons. The minimum absolute atomic E-state index is 0.0544. The van der Waals surface area contributed by atoms with E-state index in [-0.39, 0.29) is 11.9 Å². The minimum atomic E-state index is -0.158. The van der Waals surface area contributed by atoms with Crippen LogP contribution in [0.1, 0.15) is 31.3 Å². The van der Waals surface area contributed by atoms with Crippen molar-refractivity contribution in [3.05, 3.63) is 78.1 Å². The van der Waals surface area contributed by atoms with Gasteiger partial charge in [0.05, 0.1) is 23.6 Å². The Morgan fingerprint density at radius 2 is 1.77 bits per heavy atom. The summed E-state index contributed by atoms with van der Waals surface area (Å²) in [5, 5.41) is 5.43. The number of imidazole rings is 1. The zero-order valence-electron chi connectivity index (χ0n) is 14.9. The van der Waals surface area contributed by atoms with Gasteiger partial charge in [-0.3, -0.25) is 4.79 Å². The first-order valence-corrected chi connectivity index (χ1v) is 8.82. The van der Waals surface area contributed by atoms with Gasteiger partial charge in [0.1, 0.15) is 5.82 Å². The Morgan fingerprint density at radius 1 is 1.04 bits per heavy atom. The molecule has 4 heteroatoms. The van der Waals surface area contributed by atoms with Gasteiger partial charge in [-0.25, -0.2) is 4.98 Å². The quantitative estimate of drug-likeness (QED) is 0.596. The molecule has 26 heavy (non-hydrogen) atoms. The Morgan fingerprint density at radius 3 is 2.62 bits per heavy atom. The lowest BCUT2D eigenvalue weighted by Crippen LogP contribution is -2.26. The molecule has 0 aliphatic carbocycles. The molecule has 1 unspecified atom stereocenters. The average Bonchev–Trinajstić information content (AvgIpc) is 3.00. The van der Waals surface area contributed by atoms with Crippen LogP contribution in [0.25, 0.3) is 21.8 Å². The number of para-hydroxylation sites is 2. The van der Waals surface area contributed by atoms with Crippen LogP contribution in [-0.4, -0.2) is 15.5 Å². The van der Waals surface area contributed by atoms with Gasteiger partial charge in [0.15, 0.2) is 0 Å². The predicted octanol–water partition coefficient (Wildman–Crippen LogP) is 4.43. The lowest BCUT2D eigenvalue weighted by molar-refractivity contribution is -0.119. The second kappa shape index (κ2) is 6.64. The Bertz CT molecular complexity index is 1090. The van der Waals surface area contributed by atoms with Gasteiger partial charge < -0.3 is 9.88 Å². The van der Waals surface area contributed by atoms with E-state index in [9.17, 15) is 4.79 Å². The highest BCUT2D eigenvalue weighted by Gasteiger charge is 2.18. The van der Waals surface area contributed by atoms with E-state index in [1.165, 1.54) is 23.3 Å². The van der Waals surface area contributed by atoms with Gasteiger partial charge in [0, 0.05) is 6.92 Å². The number of aromatic nitrogens is 2. The number of nitrogens with zero attached hydrogens (tertiary/aromatic N) is 2. The summed E-state index contributed by atoms with van der Waals surface area (Å²) >= 11 is 0. The SMILES string of the molecule is CC(=O)NC(C)c1nc2ccccc2n1Cc1cccc2ccccc12. The smallest absolute Gasteiger partial charge is 0.217 e. The van der Waals surface area contributed by atoms with Crippen molar-refractivity contribution in [1.29, 1.82) is 0 Å². The number of amides is 1. The van der Waals surface area contributed by atoms with Crippen LogP contribution in [0.15, 0.2) is 66.7 Å². The number of nitrogens with one attached hydrogen (secondary N) is 1. The summed E-state index contributed by atoms with van der Waals surface area (Å²) in [5.74, 6) is 0.815. The second-order valence-corrected chi connectivity index (χ2v) is 6.61. The molecule has 0 saturated heterocycles. The normalized spacial score (nSPS) is 12.4. The molecule has 0 aliphatic rings. The highest BCUT2D eigenvalue weighted by atomic mass is 16.1. The minimum Gasteiger partial charge on any atom is -0.347 e. The fourth-order valence-corrected chi connectivity index (χ4v) is 3.56. The maximum absolute atomic E-state index is 11.5. The summed E-state index contributed by atoms with van der Waals surface area (Å²) in [6, 6.07) is 22.7. The van der Waals surface area contributed by atoms with Crippen LogP contribution in [0.4, 0.5) is 0 Å². The standard InChI is InChI=1S/C22H21N3O/c1-15(23-16(2)26)22-24-20-12-5-6-13-21(20)25(22)14-18-10-7-9-17-8-3-4-11-19(17)18/h3-13,15H,14H2,1-2H3,(H,23,26). The van der Waals surface area contributed by atoms with Gasteiger partial charge in [-0.1, -0.05) is 54.6 Å². The maximum atomic E-state index is 11.5. The monoisotopic (exact) mass is 343 g/mol. The van der Waals surface area contributed by atoms with Crippen LogP contribution in [0.2, 0.25) is 0 Å². The number of carbonyl (C=O) groups is 1. The largest absolute Gasteiger partial charge is 0.347 e. The van der Waals surface area contributed by atoms with Crippen molar-refractivity contribution in [1.82, 2.24) is 14.9 Å². The zero-order chi connectivity index (χ0) is 18.1. The molecular weight excluding hydrogens is 322 g/mol. The molecule has 1 atom stereocenters. The van der Waals surface area contributed by atoms with Crippen LogP contribution in [0.3, 0.4) is 0 Å². The van der Waals surface area contributed by atoms with Crippen molar-refractivity contribution in [2.75, 3.05) is 0 Å². The van der Waals surface area contributed by atoms with Crippen LogP contribution in [-0.2, 0) is 11.3 Å². The first-order chi connectivity index (χ1) is 12.6. The van der Waals surface area contributed by atoms with Crippen molar-refractivity contribution in [2.45, 2.75) is 26.4 Å². The molecule has 1 N–H and O–H groups in total. The number of rotatable bonds is 4. The van der Waals surface area contributed by atoms with E-state index in [4.69, 9.17) is 4.98 Å². The third kappa shape index (κ3) is 2.94. The van der Waals surface area contributed by atoms with E-state index in [1.807, 2.05) is 25.1 Å². The molecule has 0 spiro atoms. The molecule has 1 heterocycles. The van der Waals surface area contributed by atoms with Crippen LogP contribution < -0.4 is 5.32 Å². The summed E-state index contributed by atoms with van der Waals surface area (Å²) in [6.45, 7) is 4.22. The van der Waals surface area contributed by atoms with Gasteiger partial charge >= 0.3 is 0 Å². The fourth-order valence-electron chi connectivity index (χ4n) is 3.56. The molecule has 0 fully saturated rings. The summed E-state index contributed by atoms with van der Waals surface area (Å²) in [5.41, 5.74) is 3.26. The summed E-state index contributed by atoms with van der Waals surface area (Å²) in [7, 11) is 0. The average molecular weight is 343 g/mol. The number of hydrogen-bond donors (Lipinski definition) is 1. The third-order valence-corrected chi connectivity index (χ3v) is 4.70. The van der Waals surface area contributed by atoms with E-state index in [1.54, 1.807) is 0 Å². The van der Waals surface area contributed by atoms with Crippen molar-refractivity contribution in [2.24, 2.45) is 0 Å². The van der Waals surface area contributed by atoms with Crippen LogP contribution in [0.5, 0.6) is 0 Å². The maximum Gasteiger partial charge on any atom is 0.217 e. The lowest BCUT2D eigenvalue weighted by Gasteiger charge is -2.16. The molecule has 1 aromatic heterocycles. The molecule has 4 aromatic rings. The molecule has 1 amide bonds. The highest BCUT2D eigenvalue weighted by molar-refractivity contribution is 5.86. The topological polar surface area (TPSA) is 46.9 Å². The molecule has 4 nitrogen and oxygen atoms in total. The third-order valence-electron chi connectivity index (χ3n) is 4.70. The Kier molecular flexibility index (Phi) is 4.17. The van der Waals surface area contributed by atoms with Crippen molar-refractivity contribution in [3.8, 4) is 0 Å². The molecule has 0 bridgehead atoms. The summed E-state index contributed by atoms with van der Waals surface area (Å²) in [4.78, 5) is 16.3. The Labute approximate surface area is 152 Å². The Balaban J connectivity index is 1.85. The van der Waals surface area contributed by atoms with Crippen LogP contribution in [0, 0.1) is 0 Å². The first kappa shape index (κ1) is 16.3. The van der Waals surface area contributed by atoms with Gasteiger partial charge in [-0.2, -0.15) is 0 Å². The van der Waals surface area contributed by atoms with E-state index in [0.29, 0.717) is 6.54 Å². The van der Waals surface area contributed by atoms with Crippen molar-refractivity contribution < 1.29 is 4.79 Å². The van der Waals surface area contributed by atoms with E-state index in [2.05, 4.69) is 58.4 Å². The summed E-state index contributed by atoms with van der Waals surface area (Å²) < 4.78 is 2.21. The first-order valence-electron chi connectivity index (χ1n) is 8.82. The Hall–Kier alpha value is -3.14. The second-order valence-electron chi connectivity index (χ2n) is 6.61. The summed E-state index contributed by atoms with van der Waals surface area (Å²) in [6.07, 6.45) is 0. The van der Waals surface area contributed by atoms with Gasteiger partial charge in [0.2, 0.25) is 5.91 Å². The van der Waals surface area contributed by atoms with E-state index >= 15 is 0 Å². The van der Waals surface area contributed by atoms with Crippen molar-refractivity contribution in [3.63, 3.8) is 0 Å². The highest BCUT2D eigenvalue weighted by Crippen LogP contribution is 2.25. The fraction of sp³-hybridized carbons (Fsp3) is 0.182. The van der Waals surface area contributed by atoms with Crippen LogP contribution >= 0.6 is 0 Å². The number of fused-ring (bicyclic) bond motifs is 2. The molecule has 3 aromatic carbocycles. The lowest BCUT2D eigenvalue weighted by atomic mass is 10.0. The van der Waals surface area contributed by atoms with E-state index in [0.717, 1.165) is 16.9 Å². The number of hydrogen-bond acceptors (Lipinski definition) is 2. The number of benzene rings is 3. The number of carbonyl (C=O) groups excluding carboxylic acids is 1. The van der Waals surface area contributed by atoms with Crippen molar-refractivity contribution >= 4 is 27.7 Å². The molecule has 0 aliphatic heterocycles. The van der Waals surface area contributed by atoms with Gasteiger partial charge in [-0.15, -0.1) is 0 Å². The van der Waals surface area contributed by atoms with E-state index < -0.39 is 0 Å². The predicted molar refractivity (Wildman–Crippen MR) is 105 cm³/mol. The molecule has 0 saturated carbocycles. The van der Waals surface area contributed by atoms with Gasteiger partial charge in [-0.05, 0) is 35.4 Å². The molecular formula is C22H21N3O. The van der Waals surface area contributed by atoms with Gasteiger partial charge in [0.25, 0.3) is 0 Å².